The fraction of sp³-hybridized carbons (Fsp3) is 0.529. The van der Waals surface area contributed by atoms with Gasteiger partial charge in [-0.05, 0) is 30.4 Å². The van der Waals surface area contributed by atoms with Crippen LogP contribution in [0.25, 0.3) is 0 Å². The number of benzene rings is 1. The van der Waals surface area contributed by atoms with Gasteiger partial charge in [-0.15, -0.1) is 0 Å². The Kier molecular flexibility index (Phi) is 3.85. The van der Waals surface area contributed by atoms with E-state index in [9.17, 15) is 27.9 Å². The normalized spacial score (nSPS) is 25.6. The molecule has 1 N–H and O–H groups in total. The number of amides is 1. The van der Waals surface area contributed by atoms with Crippen molar-refractivity contribution < 1.29 is 27.9 Å². The molecule has 1 aromatic carbocycles. The van der Waals surface area contributed by atoms with Gasteiger partial charge in [0.05, 0.1) is 16.9 Å². The van der Waals surface area contributed by atoms with Gasteiger partial charge in [0.2, 0.25) is 5.91 Å². The van der Waals surface area contributed by atoms with Gasteiger partial charge in [0.25, 0.3) is 0 Å². The SMILES string of the molecule is C[C@@H]1CN(C(=O)C2(c3cccc(C(F)(F)F)c3)CC2)C[C@H]1C(=O)O. The minimum absolute atomic E-state index is 0.121. The Labute approximate surface area is 137 Å². The molecule has 2 fully saturated rings. The second kappa shape index (κ2) is 5.50. The number of carbonyl (C=O) groups excluding carboxylic acids is 1. The Hall–Kier alpha value is -2.05. The molecule has 1 saturated carbocycles. The van der Waals surface area contributed by atoms with Crippen molar-refractivity contribution >= 4 is 11.9 Å². The number of hydrogen-bond acceptors (Lipinski definition) is 2. The van der Waals surface area contributed by atoms with Crippen molar-refractivity contribution in [3.05, 3.63) is 35.4 Å². The third-order valence-electron chi connectivity index (χ3n) is 5.12. The van der Waals surface area contributed by atoms with Crippen molar-refractivity contribution in [2.24, 2.45) is 11.8 Å². The van der Waals surface area contributed by atoms with Gasteiger partial charge in [0, 0.05) is 13.1 Å². The molecule has 7 heteroatoms. The highest BCUT2D eigenvalue weighted by atomic mass is 19.4. The van der Waals surface area contributed by atoms with E-state index in [1.807, 2.05) is 0 Å². The molecule has 2 aliphatic rings. The average molecular weight is 341 g/mol. The number of halogens is 3. The van der Waals surface area contributed by atoms with Crippen molar-refractivity contribution in [2.45, 2.75) is 31.4 Å². The third-order valence-corrected chi connectivity index (χ3v) is 5.12. The van der Waals surface area contributed by atoms with Crippen molar-refractivity contribution in [3.63, 3.8) is 0 Å². The average Bonchev–Trinajstić information content (AvgIpc) is 3.23. The molecule has 1 heterocycles. The predicted octanol–water partition coefficient (Wildman–Crippen LogP) is 2.92. The number of likely N-dealkylation sites (tertiary alicyclic amines) is 1. The molecular weight excluding hydrogens is 323 g/mol. The van der Waals surface area contributed by atoms with Gasteiger partial charge < -0.3 is 10.0 Å². The summed E-state index contributed by atoms with van der Waals surface area (Å²) in [5, 5.41) is 9.18. The van der Waals surface area contributed by atoms with Crippen LogP contribution in [0.3, 0.4) is 0 Å². The maximum atomic E-state index is 12.9. The van der Waals surface area contributed by atoms with Crippen molar-refractivity contribution in [3.8, 4) is 0 Å². The molecule has 1 aliphatic carbocycles. The van der Waals surface area contributed by atoms with E-state index in [2.05, 4.69) is 0 Å². The first-order valence-electron chi connectivity index (χ1n) is 7.85. The van der Waals surface area contributed by atoms with E-state index in [1.165, 1.54) is 11.0 Å². The summed E-state index contributed by atoms with van der Waals surface area (Å²) < 4.78 is 38.7. The fourth-order valence-electron chi connectivity index (χ4n) is 3.50. The number of rotatable bonds is 3. The molecule has 1 saturated heterocycles. The quantitative estimate of drug-likeness (QED) is 0.920. The zero-order chi connectivity index (χ0) is 17.7. The van der Waals surface area contributed by atoms with Gasteiger partial charge >= 0.3 is 12.1 Å². The van der Waals surface area contributed by atoms with Gasteiger partial charge in [-0.3, -0.25) is 9.59 Å². The zero-order valence-corrected chi connectivity index (χ0v) is 13.1. The van der Waals surface area contributed by atoms with Crippen LogP contribution in [0.2, 0.25) is 0 Å². The lowest BCUT2D eigenvalue weighted by Crippen LogP contribution is -2.38. The van der Waals surface area contributed by atoms with E-state index in [1.54, 1.807) is 13.0 Å². The molecule has 1 aliphatic heterocycles. The minimum Gasteiger partial charge on any atom is -0.481 e. The van der Waals surface area contributed by atoms with Gasteiger partial charge in [-0.1, -0.05) is 25.1 Å². The Morgan fingerprint density at radius 3 is 2.42 bits per heavy atom. The van der Waals surface area contributed by atoms with Gasteiger partial charge in [-0.2, -0.15) is 13.2 Å². The summed E-state index contributed by atoms with van der Waals surface area (Å²) in [4.78, 5) is 25.6. The van der Waals surface area contributed by atoms with Crippen LogP contribution in [-0.4, -0.2) is 35.0 Å². The first kappa shape index (κ1) is 16.8. The van der Waals surface area contributed by atoms with Gasteiger partial charge in [0.15, 0.2) is 0 Å². The largest absolute Gasteiger partial charge is 0.481 e. The minimum atomic E-state index is -4.45. The fourth-order valence-corrected chi connectivity index (χ4v) is 3.50. The van der Waals surface area contributed by atoms with Crippen LogP contribution >= 0.6 is 0 Å². The highest BCUT2D eigenvalue weighted by Crippen LogP contribution is 2.51. The summed E-state index contributed by atoms with van der Waals surface area (Å²) >= 11 is 0. The lowest BCUT2D eigenvalue weighted by atomic mass is 9.92. The van der Waals surface area contributed by atoms with E-state index < -0.39 is 29.0 Å². The highest BCUT2D eigenvalue weighted by molar-refractivity contribution is 5.92. The maximum Gasteiger partial charge on any atom is 0.416 e. The summed E-state index contributed by atoms with van der Waals surface area (Å²) in [6, 6.07) is 4.90. The number of aliphatic carboxylic acids is 1. The molecule has 0 unspecified atom stereocenters. The van der Waals surface area contributed by atoms with Crippen molar-refractivity contribution in [1.82, 2.24) is 4.90 Å². The van der Waals surface area contributed by atoms with Crippen LogP contribution in [-0.2, 0) is 21.2 Å². The molecule has 1 amide bonds. The number of carbonyl (C=O) groups is 2. The first-order chi connectivity index (χ1) is 11.1. The topological polar surface area (TPSA) is 57.6 Å². The molecule has 1 aromatic rings. The van der Waals surface area contributed by atoms with Crippen LogP contribution in [0.1, 0.15) is 30.9 Å². The number of alkyl halides is 3. The van der Waals surface area contributed by atoms with E-state index in [4.69, 9.17) is 0 Å². The number of carboxylic acid groups (broad SMARTS) is 1. The van der Waals surface area contributed by atoms with E-state index in [0.717, 1.165) is 12.1 Å². The van der Waals surface area contributed by atoms with Crippen LogP contribution < -0.4 is 0 Å². The highest BCUT2D eigenvalue weighted by Gasteiger charge is 2.55. The van der Waals surface area contributed by atoms with Crippen molar-refractivity contribution in [1.29, 1.82) is 0 Å². The summed E-state index contributed by atoms with van der Waals surface area (Å²) in [6.45, 7) is 2.22. The molecule has 0 aromatic heterocycles. The van der Waals surface area contributed by atoms with Crippen LogP contribution in [0, 0.1) is 11.8 Å². The standard InChI is InChI=1S/C17H18F3NO3/c1-10-8-21(9-13(10)14(22)23)15(24)16(5-6-16)11-3-2-4-12(7-11)17(18,19)20/h2-4,7,10,13H,5-6,8-9H2,1H3,(H,22,23)/t10-,13-/m1/s1. The molecule has 0 bridgehead atoms. The Balaban J connectivity index is 1.85. The maximum absolute atomic E-state index is 12.9. The summed E-state index contributed by atoms with van der Waals surface area (Å²) in [5.41, 5.74) is -1.32. The lowest BCUT2D eigenvalue weighted by Gasteiger charge is -2.24. The molecule has 4 nitrogen and oxygen atoms in total. The van der Waals surface area contributed by atoms with E-state index >= 15 is 0 Å². The van der Waals surface area contributed by atoms with Gasteiger partial charge in [-0.25, -0.2) is 0 Å². The summed E-state index contributed by atoms with van der Waals surface area (Å²) in [6.07, 6.45) is -3.46. The molecule has 0 spiro atoms. The van der Waals surface area contributed by atoms with Gasteiger partial charge in [0.1, 0.15) is 0 Å². The van der Waals surface area contributed by atoms with Crippen LogP contribution in [0.15, 0.2) is 24.3 Å². The van der Waals surface area contributed by atoms with E-state index in [-0.39, 0.29) is 18.4 Å². The monoisotopic (exact) mass is 341 g/mol. The van der Waals surface area contributed by atoms with Crippen LogP contribution in [0.4, 0.5) is 13.2 Å². The molecule has 24 heavy (non-hydrogen) atoms. The molecule has 130 valence electrons. The predicted molar refractivity (Wildman–Crippen MR) is 79.2 cm³/mol. The molecular formula is C17H18F3NO3. The second-order valence-corrected chi connectivity index (χ2v) is 6.79. The smallest absolute Gasteiger partial charge is 0.416 e. The molecule has 3 rings (SSSR count). The number of hydrogen-bond donors (Lipinski definition) is 1. The van der Waals surface area contributed by atoms with Crippen molar-refractivity contribution in [2.75, 3.05) is 13.1 Å². The number of carboxylic acids is 1. The first-order valence-corrected chi connectivity index (χ1v) is 7.85. The lowest BCUT2D eigenvalue weighted by molar-refractivity contribution is -0.142. The zero-order valence-electron chi connectivity index (χ0n) is 13.1. The molecule has 0 radical (unpaired) electrons. The Bertz CT molecular complexity index is 682. The van der Waals surface area contributed by atoms with Crippen LogP contribution in [0.5, 0.6) is 0 Å². The van der Waals surface area contributed by atoms with E-state index in [0.29, 0.717) is 24.9 Å². The Morgan fingerprint density at radius 2 is 1.92 bits per heavy atom. The second-order valence-electron chi connectivity index (χ2n) is 6.79. The third kappa shape index (κ3) is 2.76. The molecule has 2 atom stereocenters. The summed E-state index contributed by atoms with van der Waals surface area (Å²) in [7, 11) is 0. The Morgan fingerprint density at radius 1 is 1.25 bits per heavy atom. The number of nitrogens with zero attached hydrogens (tertiary/aromatic N) is 1. The summed E-state index contributed by atoms with van der Waals surface area (Å²) in [5.74, 6) is -1.98.